The molecule has 1 aliphatic heterocycles. The Hall–Kier alpha value is -2.08. The van der Waals surface area contributed by atoms with E-state index in [0.29, 0.717) is 24.7 Å². The maximum absolute atomic E-state index is 12.9. The second-order valence-corrected chi connectivity index (χ2v) is 7.17. The van der Waals surface area contributed by atoms with Crippen LogP contribution in [0.3, 0.4) is 0 Å². The number of halogens is 2. The lowest BCUT2D eigenvalue weighted by molar-refractivity contribution is -0.148. The lowest BCUT2D eigenvalue weighted by atomic mass is 9.91. The molecule has 2 aromatic rings. The fourth-order valence-corrected chi connectivity index (χ4v) is 3.22. The van der Waals surface area contributed by atoms with E-state index < -0.39 is 5.54 Å². The number of rotatable bonds is 4. The molecule has 2 N–H and O–H groups in total. The van der Waals surface area contributed by atoms with Crippen molar-refractivity contribution in [2.24, 2.45) is 5.73 Å². The van der Waals surface area contributed by atoms with Gasteiger partial charge in [-0.05, 0) is 30.2 Å². The molecule has 27 heavy (non-hydrogen) atoms. The van der Waals surface area contributed by atoms with E-state index in [4.69, 9.17) is 17.3 Å². The van der Waals surface area contributed by atoms with Crippen molar-refractivity contribution in [3.8, 4) is 0 Å². The molecule has 1 saturated heterocycles. The van der Waals surface area contributed by atoms with Crippen LogP contribution in [0.15, 0.2) is 54.6 Å². The van der Waals surface area contributed by atoms with Crippen molar-refractivity contribution in [2.75, 3.05) is 19.6 Å². The van der Waals surface area contributed by atoms with Gasteiger partial charge in [-0.3, -0.25) is 9.59 Å². The minimum atomic E-state index is -1.15. The minimum absolute atomic E-state index is 0. The fraction of sp³-hybridized carbons (Fsp3) is 0.300. The fourth-order valence-electron chi connectivity index (χ4n) is 3.10. The lowest BCUT2D eigenvalue weighted by Crippen LogP contribution is -2.58. The molecule has 0 saturated carbocycles. The van der Waals surface area contributed by atoms with Crippen LogP contribution in [-0.4, -0.2) is 41.2 Å². The first-order valence-electron chi connectivity index (χ1n) is 8.54. The van der Waals surface area contributed by atoms with E-state index in [0.717, 1.165) is 11.1 Å². The first-order chi connectivity index (χ1) is 12.4. The third kappa shape index (κ3) is 4.80. The molecule has 0 radical (unpaired) electrons. The first kappa shape index (κ1) is 21.2. The molecular weight excluding hydrogens is 385 g/mol. The number of carbonyl (C=O) groups excluding carboxylic acids is 2. The number of amides is 2. The Morgan fingerprint density at radius 2 is 1.74 bits per heavy atom. The lowest BCUT2D eigenvalue weighted by Gasteiger charge is -2.38. The molecule has 0 spiro atoms. The summed E-state index contributed by atoms with van der Waals surface area (Å²) in [5.41, 5.74) is 6.90. The molecule has 0 bridgehead atoms. The summed E-state index contributed by atoms with van der Waals surface area (Å²) in [5.74, 6) is -0.313. The maximum Gasteiger partial charge on any atom is 0.247 e. The predicted octanol–water partition coefficient (Wildman–Crippen LogP) is 2.81. The Morgan fingerprint density at radius 3 is 2.33 bits per heavy atom. The highest BCUT2D eigenvalue weighted by Gasteiger charge is 2.37. The van der Waals surface area contributed by atoms with Crippen LogP contribution in [0.25, 0.3) is 0 Å². The Labute approximate surface area is 170 Å². The van der Waals surface area contributed by atoms with Crippen LogP contribution in [-0.2, 0) is 21.7 Å². The van der Waals surface area contributed by atoms with Crippen LogP contribution in [0.5, 0.6) is 0 Å². The molecule has 2 aromatic carbocycles. The summed E-state index contributed by atoms with van der Waals surface area (Å²) in [5, 5.41) is 0.665. The number of piperazine rings is 1. The molecule has 0 aliphatic carbocycles. The molecule has 1 atom stereocenters. The van der Waals surface area contributed by atoms with E-state index in [1.165, 1.54) is 0 Å². The van der Waals surface area contributed by atoms with Crippen molar-refractivity contribution in [2.45, 2.75) is 19.0 Å². The number of hydrogen-bond acceptors (Lipinski definition) is 3. The number of benzene rings is 2. The summed E-state index contributed by atoms with van der Waals surface area (Å²) < 4.78 is 0. The van der Waals surface area contributed by atoms with Gasteiger partial charge in [0.1, 0.15) is 5.54 Å². The third-order valence-corrected chi connectivity index (χ3v) is 4.96. The topological polar surface area (TPSA) is 66.6 Å². The third-order valence-electron chi connectivity index (χ3n) is 4.71. The van der Waals surface area contributed by atoms with Crippen LogP contribution >= 0.6 is 24.0 Å². The summed E-state index contributed by atoms with van der Waals surface area (Å²) in [6.07, 6.45) is 0. The Bertz CT molecular complexity index is 795. The quantitative estimate of drug-likeness (QED) is 0.846. The average molecular weight is 408 g/mol. The largest absolute Gasteiger partial charge is 0.335 e. The molecule has 0 aromatic heterocycles. The molecular formula is C20H23Cl2N3O2. The normalized spacial score (nSPS) is 16.5. The molecule has 1 aliphatic rings. The van der Waals surface area contributed by atoms with E-state index in [1.807, 2.05) is 42.5 Å². The van der Waals surface area contributed by atoms with Crippen LogP contribution in [0.2, 0.25) is 5.02 Å². The van der Waals surface area contributed by atoms with Crippen molar-refractivity contribution in [3.63, 3.8) is 0 Å². The Kier molecular flexibility index (Phi) is 6.87. The van der Waals surface area contributed by atoms with Crippen LogP contribution in [0.4, 0.5) is 0 Å². The zero-order chi connectivity index (χ0) is 18.7. The summed E-state index contributed by atoms with van der Waals surface area (Å²) in [7, 11) is 0. The smallest absolute Gasteiger partial charge is 0.247 e. The highest BCUT2D eigenvalue weighted by molar-refractivity contribution is 6.30. The zero-order valence-electron chi connectivity index (χ0n) is 15.1. The van der Waals surface area contributed by atoms with Crippen molar-refractivity contribution >= 4 is 35.8 Å². The van der Waals surface area contributed by atoms with Crippen LogP contribution in [0, 0.1) is 0 Å². The Morgan fingerprint density at radius 1 is 1.11 bits per heavy atom. The van der Waals surface area contributed by atoms with Gasteiger partial charge >= 0.3 is 0 Å². The SMILES string of the molecule is CC(N)(C(=O)N1CCN(Cc2ccc(Cl)cc2)C(=O)C1)c1ccccc1.Cl. The van der Waals surface area contributed by atoms with E-state index in [9.17, 15) is 9.59 Å². The highest BCUT2D eigenvalue weighted by Crippen LogP contribution is 2.22. The number of nitrogens with two attached hydrogens (primary N) is 1. The summed E-state index contributed by atoms with van der Waals surface area (Å²) in [6, 6.07) is 16.7. The van der Waals surface area contributed by atoms with Crippen molar-refractivity contribution in [1.29, 1.82) is 0 Å². The van der Waals surface area contributed by atoms with E-state index in [1.54, 1.807) is 28.9 Å². The first-order valence-corrected chi connectivity index (χ1v) is 8.92. The van der Waals surface area contributed by atoms with E-state index in [2.05, 4.69) is 0 Å². The predicted molar refractivity (Wildman–Crippen MR) is 109 cm³/mol. The number of nitrogens with zero attached hydrogens (tertiary/aromatic N) is 2. The van der Waals surface area contributed by atoms with Gasteiger partial charge < -0.3 is 15.5 Å². The van der Waals surface area contributed by atoms with Crippen LogP contribution < -0.4 is 5.73 Å². The summed E-state index contributed by atoms with van der Waals surface area (Å²) >= 11 is 5.89. The van der Waals surface area contributed by atoms with Gasteiger partial charge in [-0.2, -0.15) is 0 Å². The molecule has 1 heterocycles. The van der Waals surface area contributed by atoms with Gasteiger partial charge in [0.2, 0.25) is 11.8 Å². The number of carbonyl (C=O) groups is 2. The molecule has 5 nitrogen and oxygen atoms in total. The van der Waals surface area contributed by atoms with Gasteiger partial charge in [-0.15, -0.1) is 12.4 Å². The number of hydrogen-bond donors (Lipinski definition) is 1. The van der Waals surface area contributed by atoms with E-state index in [-0.39, 0.29) is 30.8 Å². The Balaban J connectivity index is 0.00000261. The molecule has 2 amide bonds. The minimum Gasteiger partial charge on any atom is -0.335 e. The standard InChI is InChI=1S/C20H22ClN3O2.ClH/c1-20(22,16-5-3-2-4-6-16)19(26)24-12-11-23(18(25)14-24)13-15-7-9-17(21)10-8-15;/h2-10H,11-14,22H2,1H3;1H. The van der Waals surface area contributed by atoms with Gasteiger partial charge in [-0.1, -0.05) is 54.1 Å². The second-order valence-electron chi connectivity index (χ2n) is 6.74. The average Bonchev–Trinajstić information content (AvgIpc) is 2.65. The van der Waals surface area contributed by atoms with Crippen molar-refractivity contribution in [3.05, 3.63) is 70.7 Å². The van der Waals surface area contributed by atoms with Gasteiger partial charge in [0.25, 0.3) is 0 Å². The monoisotopic (exact) mass is 407 g/mol. The molecule has 1 fully saturated rings. The van der Waals surface area contributed by atoms with Gasteiger partial charge in [0.05, 0.1) is 6.54 Å². The highest BCUT2D eigenvalue weighted by atomic mass is 35.5. The molecule has 1 unspecified atom stereocenters. The van der Waals surface area contributed by atoms with Gasteiger partial charge in [0.15, 0.2) is 0 Å². The summed E-state index contributed by atoms with van der Waals surface area (Å²) in [6.45, 7) is 3.20. The zero-order valence-corrected chi connectivity index (χ0v) is 16.7. The molecule has 7 heteroatoms. The molecule has 3 rings (SSSR count). The van der Waals surface area contributed by atoms with Gasteiger partial charge in [0, 0.05) is 24.7 Å². The van der Waals surface area contributed by atoms with E-state index >= 15 is 0 Å². The van der Waals surface area contributed by atoms with Crippen molar-refractivity contribution in [1.82, 2.24) is 9.80 Å². The van der Waals surface area contributed by atoms with Gasteiger partial charge in [-0.25, -0.2) is 0 Å². The molecule has 144 valence electrons. The van der Waals surface area contributed by atoms with Crippen molar-refractivity contribution < 1.29 is 9.59 Å². The van der Waals surface area contributed by atoms with Crippen LogP contribution in [0.1, 0.15) is 18.1 Å². The summed E-state index contributed by atoms with van der Waals surface area (Å²) in [4.78, 5) is 28.7. The maximum atomic E-state index is 12.9. The second kappa shape index (κ2) is 8.74.